The zero-order valence-electron chi connectivity index (χ0n) is 21.5. The number of carboxylic acid groups (broad SMARTS) is 1. The average Bonchev–Trinajstić information content (AvgIpc) is 3.27. The molecule has 1 N–H and O–H groups in total. The maximum absolute atomic E-state index is 15.5. The normalized spacial score (nSPS) is 18.4. The number of fused-ring (bicyclic) bond motifs is 1. The number of hydrogen-bond donors (Lipinski definition) is 1. The lowest BCUT2D eigenvalue weighted by atomic mass is 9.82. The third-order valence-corrected chi connectivity index (χ3v) is 6.62. The molecule has 0 aliphatic carbocycles. The van der Waals surface area contributed by atoms with Crippen LogP contribution in [0.3, 0.4) is 0 Å². The molecule has 0 spiro atoms. The lowest BCUT2D eigenvalue weighted by Gasteiger charge is -2.44. The number of carboxylic acids is 1. The second-order valence-electron chi connectivity index (χ2n) is 10.3. The number of hydrogen-bond acceptors (Lipinski definition) is 3. The van der Waals surface area contributed by atoms with Crippen molar-refractivity contribution in [1.82, 2.24) is 14.7 Å². The largest absolute Gasteiger partial charge is 0.478 e. The first-order valence-electron chi connectivity index (χ1n) is 12.5. The third-order valence-electron chi connectivity index (χ3n) is 6.62. The van der Waals surface area contributed by atoms with Crippen LogP contribution in [0.4, 0.5) is 13.2 Å². The number of rotatable bonds is 8. The van der Waals surface area contributed by atoms with E-state index in [1.54, 1.807) is 0 Å². The number of benzene rings is 2. The first-order chi connectivity index (χ1) is 17.5. The van der Waals surface area contributed by atoms with Crippen LogP contribution in [-0.4, -0.2) is 44.0 Å². The minimum absolute atomic E-state index is 0.0106. The summed E-state index contributed by atoms with van der Waals surface area (Å²) in [6.07, 6.45) is 7.32. The van der Waals surface area contributed by atoms with Gasteiger partial charge in [0.15, 0.2) is 0 Å². The van der Waals surface area contributed by atoms with E-state index in [0.29, 0.717) is 6.42 Å². The third kappa shape index (κ3) is 5.96. The van der Waals surface area contributed by atoms with Gasteiger partial charge >= 0.3 is 5.97 Å². The summed E-state index contributed by atoms with van der Waals surface area (Å²) in [5, 5.41) is 13.3. The van der Waals surface area contributed by atoms with Gasteiger partial charge in [-0.25, -0.2) is 18.0 Å². The van der Waals surface area contributed by atoms with E-state index >= 15 is 8.78 Å². The van der Waals surface area contributed by atoms with Gasteiger partial charge < -0.3 is 5.11 Å². The van der Waals surface area contributed by atoms with Crippen LogP contribution in [0.2, 0.25) is 0 Å². The van der Waals surface area contributed by atoms with Gasteiger partial charge in [-0.3, -0.25) is 9.58 Å². The van der Waals surface area contributed by atoms with Crippen molar-refractivity contribution in [2.24, 2.45) is 0 Å². The number of aromatic nitrogens is 2. The second-order valence-corrected chi connectivity index (χ2v) is 10.3. The molecule has 0 saturated carbocycles. The predicted octanol–water partition coefficient (Wildman–Crippen LogP) is 6.42. The highest BCUT2D eigenvalue weighted by atomic mass is 19.1. The molecule has 0 bridgehead atoms. The summed E-state index contributed by atoms with van der Waals surface area (Å²) in [5.74, 6) is -2.82. The summed E-state index contributed by atoms with van der Waals surface area (Å²) in [6, 6.07) is 7.02. The Morgan fingerprint density at radius 1 is 1.19 bits per heavy atom. The van der Waals surface area contributed by atoms with Crippen molar-refractivity contribution in [2.75, 3.05) is 6.54 Å². The summed E-state index contributed by atoms with van der Waals surface area (Å²) in [5.41, 5.74) is 1.92. The minimum Gasteiger partial charge on any atom is -0.478 e. The van der Waals surface area contributed by atoms with Crippen LogP contribution in [0.5, 0.6) is 0 Å². The van der Waals surface area contributed by atoms with E-state index in [1.807, 2.05) is 47.1 Å². The molecule has 0 amide bonds. The van der Waals surface area contributed by atoms with Gasteiger partial charge in [-0.1, -0.05) is 25.1 Å². The lowest BCUT2D eigenvalue weighted by Crippen LogP contribution is -2.48. The van der Waals surface area contributed by atoms with E-state index in [9.17, 15) is 9.18 Å². The average molecular weight is 512 g/mol. The SMILES string of the molecule is CCCn1cc(-c2ccc3c(c2)C[C@H](C)N(CC(C)(C)F)[C@H]3c2c(F)cc(/C=C/C(=O)O)cc2F)cn1. The van der Waals surface area contributed by atoms with E-state index in [-0.39, 0.29) is 23.7 Å². The molecule has 4 rings (SSSR count). The Balaban J connectivity index is 1.82. The van der Waals surface area contributed by atoms with E-state index in [2.05, 4.69) is 12.0 Å². The quantitative estimate of drug-likeness (QED) is 0.355. The van der Waals surface area contributed by atoms with E-state index in [0.717, 1.165) is 59.5 Å². The Labute approximate surface area is 215 Å². The molecule has 0 radical (unpaired) electrons. The van der Waals surface area contributed by atoms with Crippen molar-refractivity contribution in [1.29, 1.82) is 0 Å². The molecule has 2 heterocycles. The molecule has 5 nitrogen and oxygen atoms in total. The fourth-order valence-corrected chi connectivity index (χ4v) is 5.09. The molecule has 0 fully saturated rings. The lowest BCUT2D eigenvalue weighted by molar-refractivity contribution is -0.131. The summed E-state index contributed by atoms with van der Waals surface area (Å²) in [7, 11) is 0. The van der Waals surface area contributed by atoms with Crippen LogP contribution in [0, 0.1) is 11.6 Å². The van der Waals surface area contributed by atoms with Gasteiger partial charge in [-0.05, 0) is 74.1 Å². The zero-order valence-corrected chi connectivity index (χ0v) is 21.5. The van der Waals surface area contributed by atoms with Crippen molar-refractivity contribution in [3.63, 3.8) is 0 Å². The topological polar surface area (TPSA) is 58.4 Å². The highest BCUT2D eigenvalue weighted by Gasteiger charge is 2.39. The molecule has 1 aromatic heterocycles. The highest BCUT2D eigenvalue weighted by Crippen LogP contribution is 2.42. The molecule has 1 aliphatic heterocycles. The Morgan fingerprint density at radius 3 is 2.51 bits per heavy atom. The van der Waals surface area contributed by atoms with Crippen molar-refractivity contribution in [3.8, 4) is 11.1 Å². The molecule has 3 aromatic rings. The summed E-state index contributed by atoms with van der Waals surface area (Å²) in [4.78, 5) is 12.7. The standard InChI is InChI=1S/C29H32F3N3O2/c1-5-10-34-16-22(15-33-34)20-7-8-23-21(14-20)11-18(2)35(17-29(3,4)32)28(23)27-24(30)12-19(13-25(27)31)6-9-26(36)37/h6-9,12-16,18,28H,5,10-11,17H2,1-4H3,(H,36,37)/b9-6+/t18-,28+/m0/s1. The van der Waals surface area contributed by atoms with E-state index < -0.39 is 29.3 Å². The summed E-state index contributed by atoms with van der Waals surface area (Å²) in [6.45, 7) is 7.73. The number of halogens is 3. The molecule has 0 unspecified atom stereocenters. The maximum Gasteiger partial charge on any atom is 0.328 e. The van der Waals surface area contributed by atoms with Crippen molar-refractivity contribution in [2.45, 2.75) is 64.8 Å². The molecule has 2 atom stereocenters. The van der Waals surface area contributed by atoms with E-state index in [1.165, 1.54) is 13.8 Å². The van der Waals surface area contributed by atoms with Crippen molar-refractivity contribution >= 4 is 12.0 Å². The second kappa shape index (κ2) is 10.5. The van der Waals surface area contributed by atoms with Crippen LogP contribution in [0.25, 0.3) is 17.2 Å². The first-order valence-corrected chi connectivity index (χ1v) is 12.5. The number of aryl methyl sites for hydroxylation is 1. The Morgan fingerprint density at radius 2 is 1.89 bits per heavy atom. The molecular weight excluding hydrogens is 479 g/mol. The molecule has 0 saturated heterocycles. The van der Waals surface area contributed by atoms with Gasteiger partial charge in [0.05, 0.1) is 12.2 Å². The number of aliphatic carboxylic acids is 1. The highest BCUT2D eigenvalue weighted by molar-refractivity contribution is 5.85. The zero-order chi connectivity index (χ0) is 26.9. The van der Waals surface area contributed by atoms with Crippen molar-refractivity contribution in [3.05, 3.63) is 82.7 Å². The fraction of sp³-hybridized carbons (Fsp3) is 0.379. The Hall–Kier alpha value is -3.39. The number of alkyl halides is 1. The monoisotopic (exact) mass is 511 g/mol. The Bertz CT molecular complexity index is 1300. The first kappa shape index (κ1) is 26.7. The maximum atomic E-state index is 15.5. The molecule has 8 heteroatoms. The van der Waals surface area contributed by atoms with Gasteiger partial charge in [0, 0.05) is 42.5 Å². The fourth-order valence-electron chi connectivity index (χ4n) is 5.09. The van der Waals surface area contributed by atoms with Gasteiger partial charge in [0.1, 0.15) is 17.3 Å². The van der Waals surface area contributed by atoms with Crippen LogP contribution >= 0.6 is 0 Å². The van der Waals surface area contributed by atoms with Crippen LogP contribution in [-0.2, 0) is 17.8 Å². The minimum atomic E-state index is -1.59. The van der Waals surface area contributed by atoms with Gasteiger partial charge in [0.25, 0.3) is 0 Å². The summed E-state index contributed by atoms with van der Waals surface area (Å²) < 4.78 is 47.8. The Kier molecular flexibility index (Phi) is 7.59. The molecular formula is C29H32F3N3O2. The number of carbonyl (C=O) groups is 1. The molecule has 2 aromatic carbocycles. The summed E-state index contributed by atoms with van der Waals surface area (Å²) >= 11 is 0. The molecule has 1 aliphatic rings. The molecule has 196 valence electrons. The van der Waals surface area contributed by atoms with Gasteiger partial charge in [0.2, 0.25) is 0 Å². The van der Waals surface area contributed by atoms with E-state index in [4.69, 9.17) is 5.11 Å². The smallest absolute Gasteiger partial charge is 0.328 e. The van der Waals surface area contributed by atoms with Crippen LogP contribution < -0.4 is 0 Å². The van der Waals surface area contributed by atoms with Gasteiger partial charge in [-0.2, -0.15) is 5.10 Å². The van der Waals surface area contributed by atoms with Crippen molar-refractivity contribution < 1.29 is 23.1 Å². The van der Waals surface area contributed by atoms with Crippen LogP contribution in [0.15, 0.2) is 48.8 Å². The van der Waals surface area contributed by atoms with Crippen LogP contribution in [0.1, 0.15) is 62.4 Å². The molecule has 37 heavy (non-hydrogen) atoms. The number of nitrogens with zero attached hydrogens (tertiary/aromatic N) is 3. The predicted molar refractivity (Wildman–Crippen MR) is 138 cm³/mol. The van der Waals surface area contributed by atoms with Gasteiger partial charge in [-0.15, -0.1) is 0 Å².